The lowest BCUT2D eigenvalue weighted by Crippen LogP contribution is -2.31. The largest absolute Gasteiger partial charge is 0.494 e. The van der Waals surface area contributed by atoms with Crippen LogP contribution in [0.1, 0.15) is 40.5 Å². The molecule has 134 valence electrons. The van der Waals surface area contributed by atoms with Crippen LogP contribution in [-0.2, 0) is 4.79 Å². The quantitative estimate of drug-likeness (QED) is 0.331. The fourth-order valence-electron chi connectivity index (χ4n) is 2.66. The van der Waals surface area contributed by atoms with Crippen LogP contribution in [0.4, 0.5) is 0 Å². The molecule has 0 aromatic heterocycles. The molecule has 26 heavy (non-hydrogen) atoms. The average molecular weight is 353 g/mol. The predicted molar refractivity (Wildman–Crippen MR) is 94.3 cm³/mol. The molecule has 6 nitrogen and oxygen atoms in total. The Morgan fingerprint density at radius 1 is 0.923 bits per heavy atom. The maximum atomic E-state index is 12.2. The molecule has 2 aromatic rings. The number of rotatable bonds is 7. The molecule has 0 unspecified atom stereocenters. The minimum atomic E-state index is -0.292. The summed E-state index contributed by atoms with van der Waals surface area (Å²) in [4.78, 5) is 37.0. The number of esters is 1. The molecule has 0 N–H and O–H groups in total. The molecule has 1 heterocycles. The summed E-state index contributed by atoms with van der Waals surface area (Å²) < 4.78 is 10.7. The van der Waals surface area contributed by atoms with Crippen LogP contribution in [0.25, 0.3) is 0 Å². The summed E-state index contributed by atoms with van der Waals surface area (Å²) in [6.07, 6.45) is 0.841. The third kappa shape index (κ3) is 3.74. The molecule has 0 saturated carbocycles. The van der Waals surface area contributed by atoms with Crippen molar-refractivity contribution in [3.05, 3.63) is 59.7 Å². The highest BCUT2D eigenvalue weighted by atomic mass is 16.5. The van der Waals surface area contributed by atoms with Crippen molar-refractivity contribution in [2.45, 2.75) is 19.8 Å². The number of hydrogen-bond acceptors (Lipinski definition) is 5. The summed E-state index contributed by atoms with van der Waals surface area (Å²) in [6, 6.07) is 13.6. The van der Waals surface area contributed by atoms with Crippen molar-refractivity contribution >= 4 is 17.8 Å². The summed E-state index contributed by atoms with van der Waals surface area (Å²) in [5.74, 6) is 0.291. The van der Waals surface area contributed by atoms with E-state index in [0.717, 1.165) is 0 Å². The number of hydrogen-bond donors (Lipinski definition) is 0. The summed E-state index contributed by atoms with van der Waals surface area (Å²) in [5, 5.41) is 0. The molecule has 1 aliphatic rings. The molecule has 2 amide bonds. The van der Waals surface area contributed by atoms with E-state index in [1.54, 1.807) is 55.5 Å². The fourth-order valence-corrected chi connectivity index (χ4v) is 2.66. The second-order valence-corrected chi connectivity index (χ2v) is 5.81. The number of ether oxygens (including phenoxy) is 2. The Morgan fingerprint density at radius 2 is 1.50 bits per heavy atom. The van der Waals surface area contributed by atoms with Crippen molar-refractivity contribution < 1.29 is 23.9 Å². The first-order chi connectivity index (χ1) is 12.6. The van der Waals surface area contributed by atoms with E-state index in [2.05, 4.69) is 0 Å². The van der Waals surface area contributed by atoms with E-state index < -0.39 is 0 Å². The molecule has 0 radical (unpaired) electrons. The predicted octanol–water partition coefficient (Wildman–Crippen LogP) is 3.07. The van der Waals surface area contributed by atoms with Crippen LogP contribution in [0.2, 0.25) is 0 Å². The van der Waals surface area contributed by atoms with Crippen LogP contribution in [0.5, 0.6) is 11.5 Å². The number of carbonyl (C=O) groups is 3. The van der Waals surface area contributed by atoms with Gasteiger partial charge in [-0.1, -0.05) is 19.1 Å². The van der Waals surface area contributed by atoms with Crippen LogP contribution < -0.4 is 9.47 Å². The molecule has 0 fully saturated rings. The monoisotopic (exact) mass is 353 g/mol. The molecule has 0 aliphatic carbocycles. The third-order valence-electron chi connectivity index (χ3n) is 4.02. The lowest BCUT2D eigenvalue weighted by atomic mass is 10.1. The van der Waals surface area contributed by atoms with Crippen molar-refractivity contribution in [2.75, 3.05) is 13.2 Å². The lowest BCUT2D eigenvalue weighted by Gasteiger charge is -2.14. The average Bonchev–Trinajstić information content (AvgIpc) is 2.91. The Morgan fingerprint density at radius 3 is 2.08 bits per heavy atom. The Balaban J connectivity index is 1.47. The molecule has 0 bridgehead atoms. The van der Waals surface area contributed by atoms with Gasteiger partial charge in [-0.25, -0.2) is 0 Å². The number of imide groups is 1. The topological polar surface area (TPSA) is 72.9 Å². The van der Waals surface area contributed by atoms with Crippen LogP contribution in [-0.4, -0.2) is 35.8 Å². The van der Waals surface area contributed by atoms with E-state index in [9.17, 15) is 14.4 Å². The van der Waals surface area contributed by atoms with Gasteiger partial charge in [-0.15, -0.1) is 0 Å². The second kappa shape index (κ2) is 7.82. The van der Waals surface area contributed by atoms with Gasteiger partial charge in [0.1, 0.15) is 11.5 Å². The van der Waals surface area contributed by atoms with Gasteiger partial charge in [0.25, 0.3) is 11.8 Å². The van der Waals surface area contributed by atoms with Crippen LogP contribution in [0.3, 0.4) is 0 Å². The Hall–Kier alpha value is -3.15. The van der Waals surface area contributed by atoms with Gasteiger partial charge in [-0.2, -0.15) is 0 Å². The van der Waals surface area contributed by atoms with Crippen molar-refractivity contribution in [3.63, 3.8) is 0 Å². The maximum absolute atomic E-state index is 12.2. The molecule has 0 saturated heterocycles. The van der Waals surface area contributed by atoms with Gasteiger partial charge in [0.2, 0.25) is 0 Å². The van der Waals surface area contributed by atoms with Crippen molar-refractivity contribution in [3.8, 4) is 11.5 Å². The SMILES string of the molecule is CCC(=O)Oc1ccc(OCCCN2C(=O)c3ccccc3C2=O)cc1. The first kappa shape index (κ1) is 17.7. The van der Waals surface area contributed by atoms with Crippen molar-refractivity contribution in [1.29, 1.82) is 0 Å². The number of nitrogens with zero attached hydrogens (tertiary/aromatic N) is 1. The number of fused-ring (bicyclic) bond motifs is 1. The molecule has 0 spiro atoms. The second-order valence-electron chi connectivity index (χ2n) is 5.81. The van der Waals surface area contributed by atoms with Gasteiger partial charge < -0.3 is 9.47 Å². The van der Waals surface area contributed by atoms with E-state index in [4.69, 9.17) is 9.47 Å². The summed E-state index contributed by atoms with van der Waals surface area (Å²) in [5.41, 5.74) is 0.909. The zero-order valence-corrected chi connectivity index (χ0v) is 14.4. The zero-order valence-electron chi connectivity index (χ0n) is 14.4. The molecule has 3 rings (SSSR count). The highest BCUT2D eigenvalue weighted by Gasteiger charge is 2.34. The van der Waals surface area contributed by atoms with E-state index in [0.29, 0.717) is 48.6 Å². The molecule has 6 heteroatoms. The Kier molecular flexibility index (Phi) is 5.31. The van der Waals surface area contributed by atoms with Gasteiger partial charge >= 0.3 is 5.97 Å². The van der Waals surface area contributed by atoms with Crippen molar-refractivity contribution in [1.82, 2.24) is 4.90 Å². The van der Waals surface area contributed by atoms with Crippen LogP contribution in [0, 0.1) is 0 Å². The maximum Gasteiger partial charge on any atom is 0.310 e. The van der Waals surface area contributed by atoms with Crippen molar-refractivity contribution in [2.24, 2.45) is 0 Å². The first-order valence-corrected chi connectivity index (χ1v) is 8.49. The van der Waals surface area contributed by atoms with Crippen LogP contribution >= 0.6 is 0 Å². The fraction of sp³-hybridized carbons (Fsp3) is 0.250. The van der Waals surface area contributed by atoms with E-state index in [1.807, 2.05) is 0 Å². The Bertz CT molecular complexity index is 793. The third-order valence-corrected chi connectivity index (χ3v) is 4.02. The normalized spacial score (nSPS) is 12.9. The highest BCUT2D eigenvalue weighted by Crippen LogP contribution is 2.23. The number of benzene rings is 2. The molecular formula is C20H19NO5. The van der Waals surface area contributed by atoms with E-state index >= 15 is 0 Å². The summed E-state index contributed by atoms with van der Waals surface area (Å²) >= 11 is 0. The van der Waals surface area contributed by atoms with Gasteiger partial charge in [0.15, 0.2) is 0 Å². The first-order valence-electron chi connectivity index (χ1n) is 8.49. The van der Waals surface area contributed by atoms with Gasteiger partial charge in [-0.05, 0) is 42.8 Å². The van der Waals surface area contributed by atoms with Crippen LogP contribution in [0.15, 0.2) is 48.5 Å². The summed E-state index contributed by atoms with van der Waals surface area (Å²) in [7, 11) is 0. The van der Waals surface area contributed by atoms with E-state index in [-0.39, 0.29) is 17.8 Å². The minimum Gasteiger partial charge on any atom is -0.494 e. The zero-order chi connectivity index (χ0) is 18.5. The van der Waals surface area contributed by atoms with Gasteiger partial charge in [0, 0.05) is 13.0 Å². The van der Waals surface area contributed by atoms with E-state index in [1.165, 1.54) is 4.90 Å². The lowest BCUT2D eigenvalue weighted by molar-refractivity contribution is -0.134. The molecule has 0 atom stereocenters. The molecule has 1 aliphatic heterocycles. The van der Waals surface area contributed by atoms with Gasteiger partial charge in [-0.3, -0.25) is 19.3 Å². The Labute approximate surface area is 151 Å². The number of carbonyl (C=O) groups excluding carboxylic acids is 3. The highest BCUT2D eigenvalue weighted by molar-refractivity contribution is 6.21. The summed E-state index contributed by atoms with van der Waals surface area (Å²) in [6.45, 7) is 2.40. The number of amides is 2. The van der Waals surface area contributed by atoms with Gasteiger partial charge in [0.05, 0.1) is 17.7 Å². The standard InChI is InChI=1S/C20H19NO5/c1-2-18(22)26-15-10-8-14(9-11-15)25-13-5-12-21-19(23)16-6-3-4-7-17(16)20(21)24/h3-4,6-11H,2,5,12-13H2,1H3. The smallest absolute Gasteiger partial charge is 0.310 e. The molecule has 2 aromatic carbocycles. The molecular weight excluding hydrogens is 334 g/mol. The minimum absolute atomic E-state index is 0.257.